The van der Waals surface area contributed by atoms with Crippen molar-refractivity contribution >= 4 is 61.5 Å². The minimum Gasteiger partial charge on any atom is -0.462 e. The van der Waals surface area contributed by atoms with Crippen molar-refractivity contribution in [3.63, 3.8) is 0 Å². The van der Waals surface area contributed by atoms with Crippen LogP contribution in [-0.4, -0.2) is 33.4 Å². The summed E-state index contributed by atoms with van der Waals surface area (Å²) in [5.74, 6) is -0.174. The number of fused-ring (bicyclic) bond motifs is 1. The lowest BCUT2D eigenvalue weighted by Gasteiger charge is -2.18. The summed E-state index contributed by atoms with van der Waals surface area (Å²) in [5, 5.41) is 10.7. The van der Waals surface area contributed by atoms with E-state index >= 15 is 0 Å². The zero-order valence-corrected chi connectivity index (χ0v) is 19.9. The van der Waals surface area contributed by atoms with Crippen LogP contribution in [0.25, 0.3) is 0 Å². The number of rotatable bonds is 4. The minimum absolute atomic E-state index is 0.123. The number of amides is 1. The Labute approximate surface area is 187 Å². The van der Waals surface area contributed by atoms with Crippen molar-refractivity contribution in [3.8, 4) is 0 Å². The smallest absolute Gasteiger partial charge is 0.341 e. The number of carbonyl (C=O) groups is 2. The second kappa shape index (κ2) is 8.93. The summed E-state index contributed by atoms with van der Waals surface area (Å²) in [4.78, 5) is 26.4. The van der Waals surface area contributed by atoms with Crippen LogP contribution in [0.15, 0.2) is 4.47 Å². The molecule has 2 heterocycles. The molecule has 7 nitrogen and oxygen atoms in total. The maximum Gasteiger partial charge on any atom is 0.341 e. The number of halogens is 1. The summed E-state index contributed by atoms with van der Waals surface area (Å²) in [5.41, 5.74) is 2.65. The van der Waals surface area contributed by atoms with Crippen LogP contribution in [0.4, 0.5) is 5.00 Å². The van der Waals surface area contributed by atoms with Gasteiger partial charge in [-0.15, -0.1) is 11.3 Å². The predicted octanol–water partition coefficient (Wildman–Crippen LogP) is 3.98. The number of nitrogens with zero attached hydrogens (tertiary/aromatic N) is 2. The van der Waals surface area contributed by atoms with Gasteiger partial charge in [-0.1, -0.05) is 6.92 Å². The van der Waals surface area contributed by atoms with Gasteiger partial charge in [-0.3, -0.25) is 14.8 Å². The monoisotopic (exact) mass is 498 g/mol. The highest BCUT2D eigenvalue weighted by Crippen LogP contribution is 2.40. The van der Waals surface area contributed by atoms with E-state index in [2.05, 4.69) is 38.6 Å². The van der Waals surface area contributed by atoms with Crippen LogP contribution >= 0.6 is 39.5 Å². The van der Waals surface area contributed by atoms with Crippen molar-refractivity contribution in [1.29, 1.82) is 0 Å². The molecule has 0 aromatic carbocycles. The molecule has 0 bridgehead atoms. The van der Waals surface area contributed by atoms with Gasteiger partial charge < -0.3 is 10.1 Å². The number of ether oxygens (including phenoxy) is 1. The molecule has 1 atom stereocenters. The number of thiocarbonyl (C=S) groups is 1. The number of aryl methyl sites for hydroxylation is 2. The lowest BCUT2D eigenvalue weighted by Crippen LogP contribution is -2.35. The number of aromatic nitrogens is 2. The summed E-state index contributed by atoms with van der Waals surface area (Å²) < 4.78 is 7.38. The van der Waals surface area contributed by atoms with E-state index < -0.39 is 0 Å². The highest BCUT2D eigenvalue weighted by atomic mass is 79.9. The second-order valence-electron chi connectivity index (χ2n) is 7.06. The standard InChI is InChI=1S/C19H23BrN4O3S2/c1-5-27-18(26)13-11-7-6-9(2)8-12(11)29-17(13)22-19(28)21-16(25)15-14(20)10(3)23-24(15)4/h9H,5-8H2,1-4H3,(H2,21,22,25,28)/t9-/m0/s1. The molecule has 0 saturated heterocycles. The van der Waals surface area contributed by atoms with E-state index in [0.29, 0.717) is 38.9 Å². The quantitative estimate of drug-likeness (QED) is 0.489. The summed E-state index contributed by atoms with van der Waals surface area (Å²) >= 11 is 10.2. The molecule has 0 radical (unpaired) electrons. The largest absolute Gasteiger partial charge is 0.462 e. The van der Waals surface area contributed by atoms with Crippen molar-refractivity contribution < 1.29 is 14.3 Å². The first-order valence-corrected chi connectivity index (χ1v) is 11.4. The predicted molar refractivity (Wildman–Crippen MR) is 121 cm³/mol. The van der Waals surface area contributed by atoms with E-state index in [1.54, 1.807) is 20.9 Å². The van der Waals surface area contributed by atoms with E-state index in [1.807, 2.05) is 0 Å². The molecule has 0 saturated carbocycles. The molecule has 1 amide bonds. The first-order valence-electron chi connectivity index (χ1n) is 9.35. The Bertz CT molecular complexity index is 983. The fourth-order valence-corrected chi connectivity index (χ4v) is 5.61. The third-order valence-corrected chi connectivity index (χ3v) is 7.13. The van der Waals surface area contributed by atoms with Gasteiger partial charge >= 0.3 is 5.97 Å². The number of hydrogen-bond acceptors (Lipinski definition) is 6. The van der Waals surface area contributed by atoms with Gasteiger partial charge in [-0.05, 0) is 72.7 Å². The molecule has 0 unspecified atom stereocenters. The van der Waals surface area contributed by atoms with Gasteiger partial charge in [-0.25, -0.2) is 4.79 Å². The molecule has 0 fully saturated rings. The van der Waals surface area contributed by atoms with Gasteiger partial charge in [0.1, 0.15) is 10.7 Å². The SMILES string of the molecule is CCOC(=O)c1c(NC(=S)NC(=O)c2c(Br)c(C)nn2C)sc2c1CC[C@H](C)C2. The van der Waals surface area contributed by atoms with Crippen LogP contribution in [0.3, 0.4) is 0 Å². The molecule has 1 aliphatic carbocycles. The summed E-state index contributed by atoms with van der Waals surface area (Å²) in [6.07, 6.45) is 2.79. The molecule has 1 aliphatic rings. The Balaban J connectivity index is 1.82. The highest BCUT2D eigenvalue weighted by molar-refractivity contribution is 9.10. The van der Waals surface area contributed by atoms with Crippen molar-refractivity contribution in [2.45, 2.75) is 40.0 Å². The fourth-order valence-electron chi connectivity index (χ4n) is 3.43. The molecule has 0 aliphatic heterocycles. The lowest BCUT2D eigenvalue weighted by molar-refractivity contribution is 0.0526. The molecule has 2 aromatic heterocycles. The van der Waals surface area contributed by atoms with E-state index in [0.717, 1.165) is 24.8 Å². The fraction of sp³-hybridized carbons (Fsp3) is 0.474. The molecular formula is C19H23BrN4O3S2. The van der Waals surface area contributed by atoms with Crippen molar-refractivity contribution in [2.75, 3.05) is 11.9 Å². The van der Waals surface area contributed by atoms with Crippen LogP contribution in [-0.2, 0) is 24.6 Å². The summed E-state index contributed by atoms with van der Waals surface area (Å²) in [6, 6.07) is 0. The second-order valence-corrected chi connectivity index (χ2v) is 9.36. The third-order valence-electron chi connectivity index (χ3n) is 4.81. The molecule has 2 N–H and O–H groups in total. The number of hydrogen-bond donors (Lipinski definition) is 2. The van der Waals surface area contributed by atoms with Crippen molar-refractivity contribution in [1.82, 2.24) is 15.1 Å². The van der Waals surface area contributed by atoms with E-state index in [9.17, 15) is 9.59 Å². The maximum atomic E-state index is 12.6. The molecule has 29 heavy (non-hydrogen) atoms. The average molecular weight is 499 g/mol. The van der Waals surface area contributed by atoms with E-state index in [4.69, 9.17) is 17.0 Å². The third kappa shape index (κ3) is 4.54. The van der Waals surface area contributed by atoms with Crippen molar-refractivity contribution in [3.05, 3.63) is 31.9 Å². The molecule has 10 heteroatoms. The number of nitrogens with one attached hydrogen (secondary N) is 2. The lowest BCUT2D eigenvalue weighted by atomic mass is 9.88. The van der Waals surface area contributed by atoms with Gasteiger partial charge in [0.05, 0.1) is 22.3 Å². The summed E-state index contributed by atoms with van der Waals surface area (Å²) in [7, 11) is 1.69. The maximum absolute atomic E-state index is 12.6. The zero-order chi connectivity index (χ0) is 21.3. The highest BCUT2D eigenvalue weighted by Gasteiger charge is 2.29. The first-order chi connectivity index (χ1) is 13.7. The topological polar surface area (TPSA) is 85.2 Å². The van der Waals surface area contributed by atoms with Gasteiger partial charge in [0, 0.05) is 11.9 Å². The van der Waals surface area contributed by atoms with Crippen molar-refractivity contribution in [2.24, 2.45) is 13.0 Å². The van der Waals surface area contributed by atoms with Gasteiger partial charge in [-0.2, -0.15) is 5.10 Å². The Morgan fingerprint density at radius 3 is 2.79 bits per heavy atom. The Kier molecular flexibility index (Phi) is 6.75. The van der Waals surface area contributed by atoms with Gasteiger partial charge in [0.2, 0.25) is 0 Å². The molecule has 156 valence electrons. The molecule has 2 aromatic rings. The molecular weight excluding hydrogens is 476 g/mol. The first kappa shape index (κ1) is 21.9. The van der Waals surface area contributed by atoms with Crippen LogP contribution < -0.4 is 10.6 Å². The average Bonchev–Trinajstić information content (AvgIpc) is 3.10. The van der Waals surface area contributed by atoms with E-state index in [1.165, 1.54) is 20.9 Å². The van der Waals surface area contributed by atoms with Gasteiger partial charge in [0.15, 0.2) is 5.11 Å². The molecule has 0 spiro atoms. The van der Waals surface area contributed by atoms with Crippen LogP contribution in [0.5, 0.6) is 0 Å². The van der Waals surface area contributed by atoms with E-state index in [-0.39, 0.29) is 17.0 Å². The van der Waals surface area contributed by atoms with Crippen LogP contribution in [0.2, 0.25) is 0 Å². The van der Waals surface area contributed by atoms with Crippen LogP contribution in [0.1, 0.15) is 57.2 Å². The Hall–Kier alpha value is -1.78. The number of thiophene rings is 1. The zero-order valence-electron chi connectivity index (χ0n) is 16.7. The Morgan fingerprint density at radius 2 is 2.17 bits per heavy atom. The summed E-state index contributed by atoms with van der Waals surface area (Å²) in [6.45, 7) is 6.09. The number of esters is 1. The van der Waals surface area contributed by atoms with Crippen LogP contribution in [0, 0.1) is 12.8 Å². The minimum atomic E-state index is -0.384. The number of carbonyl (C=O) groups excluding carboxylic acids is 2. The normalized spacial score (nSPS) is 15.6. The molecule has 3 rings (SSSR count). The van der Waals surface area contributed by atoms with Gasteiger partial charge in [0.25, 0.3) is 5.91 Å². The number of anilines is 1. The Morgan fingerprint density at radius 1 is 1.45 bits per heavy atom.